The van der Waals surface area contributed by atoms with Crippen molar-refractivity contribution in [2.45, 2.75) is 18.6 Å². The van der Waals surface area contributed by atoms with Crippen LogP contribution in [0.3, 0.4) is 0 Å². The van der Waals surface area contributed by atoms with Crippen molar-refractivity contribution >= 4 is 11.8 Å². The van der Waals surface area contributed by atoms with Crippen LogP contribution in [0.15, 0.2) is 15.7 Å². The van der Waals surface area contributed by atoms with Crippen LogP contribution >= 0.6 is 0 Å². The zero-order valence-electron chi connectivity index (χ0n) is 13.9. The SMILES string of the molecule is CN1C(=O)CCO[C@H]2CN(C(=O)c3cc(=O)n(C)c(=O)n3C)C[C@@H]21. The number of fused-ring (bicyclic) bond motifs is 1. The summed E-state index contributed by atoms with van der Waals surface area (Å²) in [5.74, 6) is -0.428. The van der Waals surface area contributed by atoms with Gasteiger partial charge in [-0.25, -0.2) is 4.79 Å². The van der Waals surface area contributed by atoms with Crippen LogP contribution in [0.4, 0.5) is 0 Å². The Morgan fingerprint density at radius 2 is 1.83 bits per heavy atom. The molecule has 0 radical (unpaired) electrons. The predicted octanol–water partition coefficient (Wildman–Crippen LogP) is -1.84. The predicted molar refractivity (Wildman–Crippen MR) is 83.7 cm³/mol. The summed E-state index contributed by atoms with van der Waals surface area (Å²) in [6, 6.07) is 0.945. The van der Waals surface area contributed by atoms with Crippen molar-refractivity contribution < 1.29 is 14.3 Å². The largest absolute Gasteiger partial charge is 0.374 e. The number of nitrogens with zero attached hydrogens (tertiary/aromatic N) is 4. The fourth-order valence-electron chi connectivity index (χ4n) is 3.22. The lowest BCUT2D eigenvalue weighted by Crippen LogP contribution is -2.44. The van der Waals surface area contributed by atoms with Gasteiger partial charge in [-0.3, -0.25) is 23.5 Å². The van der Waals surface area contributed by atoms with Gasteiger partial charge in [0.25, 0.3) is 11.5 Å². The molecular formula is C15H20N4O5. The van der Waals surface area contributed by atoms with Crippen LogP contribution in [0, 0.1) is 0 Å². The normalized spacial score (nSPS) is 24.0. The van der Waals surface area contributed by atoms with Crippen molar-refractivity contribution in [2.24, 2.45) is 14.1 Å². The maximum atomic E-state index is 12.8. The van der Waals surface area contributed by atoms with E-state index in [9.17, 15) is 19.2 Å². The lowest BCUT2D eigenvalue weighted by Gasteiger charge is -2.25. The first-order valence-electron chi connectivity index (χ1n) is 7.75. The van der Waals surface area contributed by atoms with Gasteiger partial charge in [0.15, 0.2) is 0 Å². The second-order valence-electron chi connectivity index (χ2n) is 6.21. The number of likely N-dealkylation sites (N-methyl/N-ethyl adjacent to an activating group) is 1. The highest BCUT2D eigenvalue weighted by Gasteiger charge is 2.42. The van der Waals surface area contributed by atoms with Gasteiger partial charge in [-0.2, -0.15) is 0 Å². The number of likely N-dealkylation sites (tertiary alicyclic amines) is 1. The Labute approximate surface area is 138 Å². The Balaban J connectivity index is 1.89. The summed E-state index contributed by atoms with van der Waals surface area (Å²) in [4.78, 5) is 51.7. The number of ether oxygens (including phenoxy) is 1. The van der Waals surface area contributed by atoms with E-state index in [0.29, 0.717) is 26.1 Å². The van der Waals surface area contributed by atoms with Gasteiger partial charge in [0.2, 0.25) is 5.91 Å². The van der Waals surface area contributed by atoms with Crippen LogP contribution in [-0.4, -0.2) is 69.6 Å². The van der Waals surface area contributed by atoms with Crippen molar-refractivity contribution in [3.63, 3.8) is 0 Å². The third-order valence-corrected chi connectivity index (χ3v) is 4.81. The van der Waals surface area contributed by atoms with Gasteiger partial charge in [-0.05, 0) is 0 Å². The molecule has 2 amide bonds. The van der Waals surface area contributed by atoms with Gasteiger partial charge in [-0.1, -0.05) is 0 Å². The number of amides is 2. The summed E-state index contributed by atoms with van der Waals surface area (Å²) in [7, 11) is 4.52. The van der Waals surface area contributed by atoms with Gasteiger partial charge in [0.05, 0.1) is 25.2 Å². The highest BCUT2D eigenvalue weighted by molar-refractivity contribution is 5.92. The summed E-state index contributed by atoms with van der Waals surface area (Å²) in [6.07, 6.45) is 0.0784. The third-order valence-electron chi connectivity index (χ3n) is 4.81. The molecule has 2 aliphatic rings. The molecular weight excluding hydrogens is 316 g/mol. The van der Waals surface area contributed by atoms with Crippen molar-refractivity contribution in [1.29, 1.82) is 0 Å². The van der Waals surface area contributed by atoms with Crippen LogP contribution in [0.2, 0.25) is 0 Å². The van der Waals surface area contributed by atoms with E-state index in [4.69, 9.17) is 4.74 Å². The zero-order chi connectivity index (χ0) is 17.6. The van der Waals surface area contributed by atoms with Crippen molar-refractivity contribution in [3.05, 3.63) is 32.6 Å². The first kappa shape index (κ1) is 16.4. The number of aromatic nitrogens is 2. The van der Waals surface area contributed by atoms with Crippen LogP contribution in [0.1, 0.15) is 16.9 Å². The minimum Gasteiger partial charge on any atom is -0.374 e. The summed E-state index contributed by atoms with van der Waals surface area (Å²) in [5.41, 5.74) is -1.05. The van der Waals surface area contributed by atoms with E-state index in [1.54, 1.807) is 11.9 Å². The molecule has 0 aliphatic carbocycles. The molecule has 3 heterocycles. The van der Waals surface area contributed by atoms with Crippen molar-refractivity contribution in [3.8, 4) is 0 Å². The number of hydrogen-bond donors (Lipinski definition) is 0. The van der Waals surface area contributed by atoms with Gasteiger partial charge in [-0.15, -0.1) is 0 Å². The number of carbonyl (C=O) groups excluding carboxylic acids is 2. The second-order valence-corrected chi connectivity index (χ2v) is 6.21. The molecule has 0 spiro atoms. The number of carbonyl (C=O) groups is 2. The zero-order valence-corrected chi connectivity index (χ0v) is 13.9. The van der Waals surface area contributed by atoms with E-state index in [2.05, 4.69) is 0 Å². The monoisotopic (exact) mass is 336 g/mol. The van der Waals surface area contributed by atoms with Gasteiger partial charge < -0.3 is 14.5 Å². The van der Waals surface area contributed by atoms with E-state index in [0.717, 1.165) is 15.2 Å². The Hall–Kier alpha value is -2.42. The van der Waals surface area contributed by atoms with E-state index in [1.165, 1.54) is 19.0 Å². The smallest absolute Gasteiger partial charge is 0.331 e. The fraction of sp³-hybridized carbons (Fsp3) is 0.600. The summed E-state index contributed by atoms with van der Waals surface area (Å²) in [5, 5.41) is 0. The standard InChI is InChI=1S/C15H20N4O5/c1-16-10-7-19(8-11(10)24-5-4-12(16)20)14(22)9-6-13(21)18(3)15(23)17(9)2/h6,10-11H,4-5,7-8H2,1-3H3/t10-,11-/m0/s1. The first-order chi connectivity index (χ1) is 11.3. The van der Waals surface area contributed by atoms with Gasteiger partial charge in [0.1, 0.15) is 5.69 Å². The maximum absolute atomic E-state index is 12.8. The minimum absolute atomic E-state index is 0.0159. The quantitative estimate of drug-likeness (QED) is 0.600. The molecule has 130 valence electrons. The highest BCUT2D eigenvalue weighted by Crippen LogP contribution is 2.23. The molecule has 2 fully saturated rings. The average molecular weight is 336 g/mol. The van der Waals surface area contributed by atoms with Crippen LogP contribution in [-0.2, 0) is 23.6 Å². The molecule has 0 N–H and O–H groups in total. The molecule has 0 bridgehead atoms. The molecule has 9 heteroatoms. The molecule has 0 saturated carbocycles. The molecule has 0 aromatic carbocycles. The Kier molecular flexibility index (Phi) is 4.04. The molecule has 3 rings (SSSR count). The van der Waals surface area contributed by atoms with Crippen molar-refractivity contribution in [1.82, 2.24) is 18.9 Å². The van der Waals surface area contributed by atoms with Crippen LogP contribution in [0.5, 0.6) is 0 Å². The van der Waals surface area contributed by atoms with Gasteiger partial charge in [0, 0.05) is 40.3 Å². The Morgan fingerprint density at radius 3 is 2.54 bits per heavy atom. The van der Waals surface area contributed by atoms with E-state index >= 15 is 0 Å². The van der Waals surface area contributed by atoms with Crippen molar-refractivity contribution in [2.75, 3.05) is 26.7 Å². The topological polar surface area (TPSA) is 93.8 Å². The first-order valence-corrected chi connectivity index (χ1v) is 7.75. The summed E-state index contributed by atoms with van der Waals surface area (Å²) < 4.78 is 7.80. The molecule has 9 nitrogen and oxygen atoms in total. The van der Waals surface area contributed by atoms with E-state index in [-0.39, 0.29) is 23.7 Å². The lowest BCUT2D eigenvalue weighted by atomic mass is 10.2. The third kappa shape index (κ3) is 2.54. The van der Waals surface area contributed by atoms with Gasteiger partial charge >= 0.3 is 5.69 Å². The number of rotatable bonds is 1. The molecule has 0 unspecified atom stereocenters. The highest BCUT2D eigenvalue weighted by atomic mass is 16.5. The Bertz CT molecular complexity index is 811. The minimum atomic E-state index is -0.553. The molecule has 2 saturated heterocycles. The average Bonchev–Trinajstić information content (AvgIpc) is 2.93. The van der Waals surface area contributed by atoms with E-state index < -0.39 is 17.2 Å². The van der Waals surface area contributed by atoms with Crippen LogP contribution < -0.4 is 11.2 Å². The maximum Gasteiger partial charge on any atom is 0.331 e. The summed E-state index contributed by atoms with van der Waals surface area (Å²) >= 11 is 0. The fourth-order valence-corrected chi connectivity index (χ4v) is 3.22. The molecule has 1 aromatic heterocycles. The summed E-state index contributed by atoms with van der Waals surface area (Å²) in [6.45, 7) is 0.969. The molecule has 2 atom stereocenters. The van der Waals surface area contributed by atoms with Crippen LogP contribution in [0.25, 0.3) is 0 Å². The number of hydrogen-bond acceptors (Lipinski definition) is 5. The molecule has 24 heavy (non-hydrogen) atoms. The molecule has 1 aromatic rings. The Morgan fingerprint density at radius 1 is 1.12 bits per heavy atom. The molecule has 2 aliphatic heterocycles. The lowest BCUT2D eigenvalue weighted by molar-refractivity contribution is -0.131. The second kappa shape index (κ2) is 5.90. The van der Waals surface area contributed by atoms with E-state index in [1.807, 2.05) is 0 Å².